The first-order valence-corrected chi connectivity index (χ1v) is 28.5. The summed E-state index contributed by atoms with van der Waals surface area (Å²) in [6.45, 7) is 12.6. The van der Waals surface area contributed by atoms with E-state index in [1.165, 1.54) is 114 Å². The lowest BCUT2D eigenvalue weighted by Crippen LogP contribution is -2.40. The summed E-state index contributed by atoms with van der Waals surface area (Å²) in [7, 11) is -5.88. The molecule has 3 aromatic rings. The van der Waals surface area contributed by atoms with Crippen LogP contribution in [0.1, 0.15) is 147 Å². The number of carbonyl (C=O) groups excluding carboxylic acids is 1. The summed E-state index contributed by atoms with van der Waals surface area (Å²) in [6, 6.07) is 14.7. The molecule has 344 valence electrons. The molecule has 1 atom stereocenters. The molecule has 4 aliphatic carbocycles. The molecular formula is C52H74F4O4SSi. The van der Waals surface area contributed by atoms with E-state index in [1.54, 1.807) is 12.1 Å². The predicted molar refractivity (Wildman–Crippen MR) is 250 cm³/mol. The summed E-state index contributed by atoms with van der Waals surface area (Å²) < 4.78 is 82.8. The van der Waals surface area contributed by atoms with Crippen molar-refractivity contribution in [3.8, 4) is 0 Å². The molecule has 3 fully saturated rings. The number of carbonyl (C=O) groups is 1. The molecular weight excluding hydrogens is 825 g/mol. The van der Waals surface area contributed by atoms with Gasteiger partial charge in [-0.05, 0) is 135 Å². The molecule has 4 aliphatic rings. The van der Waals surface area contributed by atoms with Crippen LogP contribution in [0.2, 0.25) is 19.6 Å². The van der Waals surface area contributed by atoms with E-state index in [9.17, 15) is 30.8 Å². The van der Waals surface area contributed by atoms with Gasteiger partial charge in [-0.25, -0.2) is 17.6 Å². The first kappa shape index (κ1) is 51.6. The fourth-order valence-electron chi connectivity index (χ4n) is 10.2. The Kier molecular flexibility index (Phi) is 20.6. The minimum atomic E-state index is -4.02. The number of halogens is 4. The number of rotatable bonds is 9. The highest BCUT2D eigenvalue weighted by Crippen LogP contribution is 2.43. The summed E-state index contributed by atoms with van der Waals surface area (Å²) in [4.78, 5) is 11.2. The molecule has 1 unspecified atom stereocenters. The van der Waals surface area contributed by atoms with Crippen LogP contribution in [0.3, 0.4) is 0 Å². The third kappa shape index (κ3) is 16.2. The Hall–Kier alpha value is -3.08. The van der Waals surface area contributed by atoms with Crippen LogP contribution in [-0.2, 0) is 14.9 Å². The second-order valence-electron chi connectivity index (χ2n) is 19.5. The van der Waals surface area contributed by atoms with E-state index in [2.05, 4.69) is 39.6 Å². The van der Waals surface area contributed by atoms with E-state index >= 15 is 0 Å². The van der Waals surface area contributed by atoms with E-state index in [-0.39, 0.29) is 4.90 Å². The van der Waals surface area contributed by atoms with Gasteiger partial charge in [0.15, 0.2) is 23.3 Å². The van der Waals surface area contributed by atoms with Crippen LogP contribution in [-0.4, -0.2) is 26.8 Å². The first-order valence-electron chi connectivity index (χ1n) is 23.5. The third-order valence-corrected chi connectivity index (χ3v) is 16.8. The molecule has 3 saturated carbocycles. The van der Waals surface area contributed by atoms with Gasteiger partial charge in [0.25, 0.3) is 10.1 Å². The normalized spacial score (nSPS) is 23.4. The lowest BCUT2D eigenvalue weighted by molar-refractivity contribution is -0.121. The van der Waals surface area contributed by atoms with Crippen molar-refractivity contribution in [3.05, 3.63) is 101 Å². The van der Waals surface area contributed by atoms with Crippen molar-refractivity contribution in [2.45, 2.75) is 167 Å². The molecule has 0 amide bonds. The zero-order valence-corrected chi connectivity index (χ0v) is 40.2. The molecule has 4 nitrogen and oxygen atoms in total. The van der Waals surface area contributed by atoms with Crippen molar-refractivity contribution in [3.63, 3.8) is 0 Å². The Morgan fingerprint density at radius 2 is 1.08 bits per heavy atom. The monoisotopic (exact) mass is 899 g/mol. The summed E-state index contributed by atoms with van der Waals surface area (Å²) in [6.07, 6.45) is 26.2. The number of hydrogen-bond donors (Lipinski definition) is 1. The highest BCUT2D eigenvalue weighted by molar-refractivity contribution is 7.85. The SMILES string of the molecule is CCCC1CCC(C2CC=C(c3ccc([Si](C)(C)C)c(F)c3F)CC2)CC1.CCCC1CCC(C2CCC(=O)CC2)CC1.Cc1ccc(S(=O)(=O)O)cc1.Fc1ccccc1F. The van der Waals surface area contributed by atoms with Crippen LogP contribution < -0.4 is 5.19 Å². The zero-order chi connectivity index (χ0) is 45.5. The van der Waals surface area contributed by atoms with Gasteiger partial charge in [-0.3, -0.25) is 9.35 Å². The first-order chi connectivity index (χ1) is 29.4. The number of Topliss-reactive ketones (excluding diaryl/α,β-unsaturated/α-hetero) is 1. The molecule has 1 N–H and O–H groups in total. The van der Waals surface area contributed by atoms with Crippen LogP contribution in [0.4, 0.5) is 17.6 Å². The van der Waals surface area contributed by atoms with E-state index in [1.807, 2.05) is 19.1 Å². The minimum Gasteiger partial charge on any atom is -0.300 e. The molecule has 0 spiro atoms. The minimum absolute atomic E-state index is 0.0666. The maximum atomic E-state index is 14.8. The highest BCUT2D eigenvalue weighted by atomic mass is 32.2. The van der Waals surface area contributed by atoms with Crippen molar-refractivity contribution >= 4 is 34.7 Å². The van der Waals surface area contributed by atoms with Gasteiger partial charge < -0.3 is 0 Å². The van der Waals surface area contributed by atoms with Crippen LogP contribution in [0.15, 0.2) is 71.6 Å². The number of benzene rings is 3. The predicted octanol–water partition coefficient (Wildman–Crippen LogP) is 14.9. The van der Waals surface area contributed by atoms with Gasteiger partial charge in [-0.1, -0.05) is 133 Å². The van der Waals surface area contributed by atoms with Crippen molar-refractivity contribution in [1.29, 1.82) is 0 Å². The fourth-order valence-corrected chi connectivity index (χ4v) is 12.0. The highest BCUT2D eigenvalue weighted by Gasteiger charge is 2.32. The standard InChI is InChI=1S/C24H36F2Si.C15H26O.C7H8O3S.C6H4F2/c1-5-6-17-7-9-18(10-8-17)19-11-13-20(14-12-19)21-15-16-22(27(2,3)4)24(26)23(21)25;1-2-3-12-4-6-13(7-5-12)14-8-10-15(16)11-9-14;1-6-2-4-7(5-3-6)11(8,9)10;7-5-3-1-2-4-6(5)8/h13,15-19H,5-12,14H2,1-4H3;12-14H,2-11H2,1H3;2-5H,1H3,(H,8,9,10);1-4H. The van der Waals surface area contributed by atoms with Crippen molar-refractivity contribution in [2.75, 3.05) is 0 Å². The number of hydrogen-bond acceptors (Lipinski definition) is 3. The summed E-state index contributed by atoms with van der Waals surface area (Å²) in [5.74, 6) is 3.08. The summed E-state index contributed by atoms with van der Waals surface area (Å²) in [5.41, 5.74) is 2.47. The Balaban J connectivity index is 0.000000203. The quantitative estimate of drug-likeness (QED) is 0.132. The average Bonchev–Trinajstić information content (AvgIpc) is 3.24. The van der Waals surface area contributed by atoms with Crippen molar-refractivity contribution in [2.24, 2.45) is 35.5 Å². The number of allylic oxidation sites excluding steroid dienone is 2. The lowest BCUT2D eigenvalue weighted by Gasteiger charge is -2.35. The number of aryl methyl sites for hydroxylation is 1. The van der Waals surface area contributed by atoms with Gasteiger partial charge in [-0.2, -0.15) is 8.42 Å². The Morgan fingerprint density at radius 1 is 0.613 bits per heavy atom. The maximum Gasteiger partial charge on any atom is 0.294 e. The van der Waals surface area contributed by atoms with E-state index in [4.69, 9.17) is 4.55 Å². The summed E-state index contributed by atoms with van der Waals surface area (Å²) in [5, 5.41) is 0.599. The molecule has 0 aliphatic heterocycles. The largest absolute Gasteiger partial charge is 0.300 e. The smallest absolute Gasteiger partial charge is 0.294 e. The molecule has 3 aromatic carbocycles. The average molecular weight is 899 g/mol. The van der Waals surface area contributed by atoms with Gasteiger partial charge in [0.2, 0.25) is 0 Å². The van der Waals surface area contributed by atoms with Crippen LogP contribution in [0, 0.1) is 65.7 Å². The third-order valence-electron chi connectivity index (χ3n) is 13.9. The molecule has 62 heavy (non-hydrogen) atoms. The maximum absolute atomic E-state index is 14.8. The molecule has 0 aromatic heterocycles. The van der Waals surface area contributed by atoms with Gasteiger partial charge >= 0.3 is 0 Å². The molecule has 0 saturated heterocycles. The van der Waals surface area contributed by atoms with Crippen molar-refractivity contribution < 1.29 is 35.3 Å². The van der Waals surface area contributed by atoms with Crippen LogP contribution in [0.25, 0.3) is 5.57 Å². The second kappa shape index (κ2) is 24.8. The fraction of sp³-hybridized carbons (Fsp3) is 0.596. The Labute approximate surface area is 372 Å². The van der Waals surface area contributed by atoms with E-state index < -0.39 is 41.5 Å². The number of ketones is 1. The lowest BCUT2D eigenvalue weighted by atomic mass is 9.70. The second-order valence-corrected chi connectivity index (χ2v) is 26.0. The topological polar surface area (TPSA) is 71.4 Å². The molecule has 7 rings (SSSR count). The molecule has 10 heteroatoms. The molecule has 0 radical (unpaired) electrons. The van der Waals surface area contributed by atoms with Gasteiger partial charge in [-0.15, -0.1) is 0 Å². The van der Waals surface area contributed by atoms with Gasteiger partial charge in [0, 0.05) is 18.4 Å². The van der Waals surface area contributed by atoms with E-state index in [0.717, 1.165) is 90.9 Å². The Bertz CT molecular complexity index is 1950. The Morgan fingerprint density at radius 3 is 1.50 bits per heavy atom. The van der Waals surface area contributed by atoms with E-state index in [0.29, 0.717) is 16.5 Å². The summed E-state index contributed by atoms with van der Waals surface area (Å²) >= 11 is 0. The van der Waals surface area contributed by atoms with Crippen molar-refractivity contribution in [1.82, 2.24) is 0 Å². The molecule has 0 bridgehead atoms. The van der Waals surface area contributed by atoms with Crippen LogP contribution >= 0.6 is 0 Å². The van der Waals surface area contributed by atoms with Crippen LogP contribution in [0.5, 0.6) is 0 Å². The van der Waals surface area contributed by atoms with Gasteiger partial charge in [0.05, 0.1) is 13.0 Å². The van der Waals surface area contributed by atoms with Gasteiger partial charge in [0.1, 0.15) is 5.78 Å². The zero-order valence-electron chi connectivity index (χ0n) is 38.3. The molecule has 0 heterocycles.